The molecule has 3 saturated heterocycles. The van der Waals surface area contributed by atoms with Crippen LogP contribution in [0.1, 0.15) is 52.0 Å². The first kappa shape index (κ1) is 21.7. The maximum Gasteiger partial charge on any atom is 0.262 e. The lowest BCUT2D eigenvalue weighted by Gasteiger charge is -2.33. The Labute approximate surface area is 191 Å². The van der Waals surface area contributed by atoms with E-state index in [2.05, 4.69) is 15.5 Å². The zero-order chi connectivity index (χ0) is 23.1. The molecule has 4 heterocycles. The van der Waals surface area contributed by atoms with Crippen LogP contribution in [0.25, 0.3) is 0 Å². The largest absolute Gasteiger partial charge is 0.339 e. The number of carbonyl (C=O) groups excluding carboxylic acids is 5. The first-order chi connectivity index (χ1) is 15.9. The molecule has 0 aliphatic carbocycles. The molecular weight excluding hydrogens is 426 g/mol. The highest BCUT2D eigenvalue weighted by molar-refractivity contribution is 6.23. The van der Waals surface area contributed by atoms with Gasteiger partial charge in [-0.1, -0.05) is 6.07 Å². The molecule has 174 valence electrons. The molecule has 5 amide bonds. The fourth-order valence-electron chi connectivity index (χ4n) is 5.24. The number of nitrogens with zero attached hydrogens (tertiary/aromatic N) is 3. The molecule has 0 radical (unpaired) electrons. The van der Waals surface area contributed by atoms with Crippen molar-refractivity contribution in [2.24, 2.45) is 0 Å². The van der Waals surface area contributed by atoms with Crippen LogP contribution in [-0.4, -0.2) is 89.0 Å². The number of rotatable bonds is 4. The topological polar surface area (TPSA) is 119 Å². The number of fused-ring (bicyclic) bond motifs is 1. The Balaban J connectivity index is 1.31. The SMILES string of the molecule is O=C1CCC(N2C(=O)c3ccc(CN4CCC[C@@H]4C(=O)N4CCNCC4)cc3C2=O)C(=O)N1. The highest BCUT2D eigenvalue weighted by atomic mass is 16.2. The molecule has 4 aliphatic heterocycles. The summed E-state index contributed by atoms with van der Waals surface area (Å²) in [6.07, 6.45) is 1.97. The molecule has 10 heteroatoms. The van der Waals surface area contributed by atoms with Gasteiger partial charge >= 0.3 is 0 Å². The third-order valence-electron chi connectivity index (χ3n) is 6.97. The van der Waals surface area contributed by atoms with Crippen molar-refractivity contribution in [3.8, 4) is 0 Å². The molecule has 5 rings (SSSR count). The van der Waals surface area contributed by atoms with Gasteiger partial charge in [-0.05, 0) is 43.5 Å². The molecule has 0 bridgehead atoms. The Morgan fingerprint density at radius 3 is 2.48 bits per heavy atom. The molecule has 0 aromatic heterocycles. The summed E-state index contributed by atoms with van der Waals surface area (Å²) < 4.78 is 0. The van der Waals surface area contributed by atoms with Crippen LogP contribution in [0.3, 0.4) is 0 Å². The van der Waals surface area contributed by atoms with Gasteiger partial charge in [-0.2, -0.15) is 0 Å². The molecule has 33 heavy (non-hydrogen) atoms. The molecular formula is C23H27N5O5. The lowest BCUT2D eigenvalue weighted by atomic mass is 10.0. The molecule has 3 fully saturated rings. The maximum absolute atomic E-state index is 13.1. The molecule has 0 saturated carbocycles. The van der Waals surface area contributed by atoms with Gasteiger partial charge in [-0.3, -0.25) is 39.1 Å². The van der Waals surface area contributed by atoms with Crippen molar-refractivity contribution in [1.29, 1.82) is 0 Å². The van der Waals surface area contributed by atoms with Crippen LogP contribution < -0.4 is 10.6 Å². The highest BCUT2D eigenvalue weighted by Gasteiger charge is 2.44. The summed E-state index contributed by atoms with van der Waals surface area (Å²) in [6.45, 7) is 4.36. The van der Waals surface area contributed by atoms with Crippen LogP contribution in [0.5, 0.6) is 0 Å². The molecule has 10 nitrogen and oxygen atoms in total. The van der Waals surface area contributed by atoms with E-state index >= 15 is 0 Å². The number of hydrogen-bond acceptors (Lipinski definition) is 7. The summed E-state index contributed by atoms with van der Waals surface area (Å²) in [5, 5.41) is 5.47. The predicted octanol–water partition coefficient (Wildman–Crippen LogP) is -0.516. The van der Waals surface area contributed by atoms with Crippen molar-refractivity contribution in [2.45, 2.75) is 44.3 Å². The van der Waals surface area contributed by atoms with Crippen molar-refractivity contribution >= 4 is 29.5 Å². The maximum atomic E-state index is 13.1. The minimum Gasteiger partial charge on any atom is -0.339 e. The summed E-state index contributed by atoms with van der Waals surface area (Å²) in [4.78, 5) is 67.7. The zero-order valence-corrected chi connectivity index (χ0v) is 18.3. The van der Waals surface area contributed by atoms with Gasteiger partial charge in [-0.25, -0.2) is 0 Å². The lowest BCUT2D eigenvalue weighted by molar-refractivity contribution is -0.137. The summed E-state index contributed by atoms with van der Waals surface area (Å²) in [5.74, 6) is -1.88. The Morgan fingerprint density at radius 2 is 1.73 bits per heavy atom. The van der Waals surface area contributed by atoms with Gasteiger partial charge < -0.3 is 10.2 Å². The summed E-state index contributed by atoms with van der Waals surface area (Å²) in [5.41, 5.74) is 1.38. The number of nitrogens with one attached hydrogen (secondary N) is 2. The van der Waals surface area contributed by atoms with Gasteiger partial charge in [0.2, 0.25) is 17.7 Å². The van der Waals surface area contributed by atoms with Crippen LogP contribution in [0.4, 0.5) is 0 Å². The molecule has 0 spiro atoms. The fraction of sp³-hybridized carbons (Fsp3) is 0.522. The molecule has 2 atom stereocenters. The first-order valence-electron chi connectivity index (χ1n) is 11.5. The van der Waals surface area contributed by atoms with Gasteiger partial charge in [0.1, 0.15) is 6.04 Å². The van der Waals surface area contributed by atoms with E-state index in [1.165, 1.54) is 0 Å². The summed E-state index contributed by atoms with van der Waals surface area (Å²) in [7, 11) is 0. The molecule has 1 aromatic carbocycles. The number of likely N-dealkylation sites (tertiary alicyclic amines) is 1. The Morgan fingerprint density at radius 1 is 0.970 bits per heavy atom. The Hall–Kier alpha value is -3.11. The fourth-order valence-corrected chi connectivity index (χ4v) is 5.24. The van der Waals surface area contributed by atoms with Gasteiger partial charge in [-0.15, -0.1) is 0 Å². The van der Waals surface area contributed by atoms with E-state index in [-0.39, 0.29) is 35.9 Å². The van der Waals surface area contributed by atoms with Gasteiger partial charge in [0.25, 0.3) is 11.8 Å². The minimum atomic E-state index is -0.974. The van der Waals surface area contributed by atoms with Crippen molar-refractivity contribution in [2.75, 3.05) is 32.7 Å². The van der Waals surface area contributed by atoms with Crippen molar-refractivity contribution in [1.82, 2.24) is 25.3 Å². The van der Waals surface area contributed by atoms with Gasteiger partial charge in [0, 0.05) is 39.1 Å². The number of piperidine rings is 1. The van der Waals surface area contributed by atoms with Crippen molar-refractivity contribution in [3.63, 3.8) is 0 Å². The molecule has 2 N–H and O–H groups in total. The summed E-state index contributed by atoms with van der Waals surface area (Å²) in [6, 6.07) is 3.99. The smallest absolute Gasteiger partial charge is 0.262 e. The van der Waals surface area contributed by atoms with Crippen LogP contribution in [0.15, 0.2) is 18.2 Å². The van der Waals surface area contributed by atoms with E-state index in [4.69, 9.17) is 0 Å². The number of amides is 5. The second-order valence-corrected chi connectivity index (χ2v) is 9.03. The molecule has 1 aromatic rings. The normalized spacial score (nSPS) is 26.1. The van der Waals surface area contributed by atoms with Crippen LogP contribution in [0.2, 0.25) is 0 Å². The van der Waals surface area contributed by atoms with Gasteiger partial charge in [0.05, 0.1) is 17.2 Å². The second-order valence-electron chi connectivity index (χ2n) is 9.03. The van der Waals surface area contributed by atoms with E-state index in [0.717, 1.165) is 56.0 Å². The number of benzene rings is 1. The molecule has 4 aliphatic rings. The monoisotopic (exact) mass is 453 g/mol. The van der Waals surface area contributed by atoms with E-state index < -0.39 is 29.7 Å². The quantitative estimate of drug-likeness (QED) is 0.589. The second kappa shape index (κ2) is 8.68. The Bertz CT molecular complexity index is 1030. The third kappa shape index (κ3) is 3.93. The van der Waals surface area contributed by atoms with E-state index in [9.17, 15) is 24.0 Å². The number of carbonyl (C=O) groups is 5. The molecule has 1 unspecified atom stereocenters. The highest BCUT2D eigenvalue weighted by Crippen LogP contribution is 2.30. The zero-order valence-electron chi connectivity index (χ0n) is 18.3. The average Bonchev–Trinajstić information content (AvgIpc) is 3.37. The minimum absolute atomic E-state index is 0.0898. The number of imide groups is 2. The standard InChI is InChI=1S/C23H27N5O5/c29-19-6-5-17(20(30)25-19)28-21(31)15-4-3-14(12-16(15)22(28)32)13-27-9-1-2-18(27)23(33)26-10-7-24-8-11-26/h3-4,12,17-18,24H,1-2,5-11,13H2,(H,25,29,30)/t17?,18-/m1/s1. The van der Waals surface area contributed by atoms with Crippen molar-refractivity contribution < 1.29 is 24.0 Å². The Kier molecular flexibility index (Phi) is 5.71. The third-order valence-corrected chi connectivity index (χ3v) is 6.97. The summed E-state index contributed by atoms with van der Waals surface area (Å²) >= 11 is 0. The van der Waals surface area contributed by atoms with E-state index in [1.54, 1.807) is 12.1 Å². The lowest BCUT2D eigenvalue weighted by Crippen LogP contribution is -2.54. The predicted molar refractivity (Wildman–Crippen MR) is 116 cm³/mol. The number of hydrogen-bond donors (Lipinski definition) is 2. The van der Waals surface area contributed by atoms with Crippen molar-refractivity contribution in [3.05, 3.63) is 34.9 Å². The first-order valence-corrected chi connectivity index (χ1v) is 11.5. The van der Waals surface area contributed by atoms with Gasteiger partial charge in [0.15, 0.2) is 0 Å². The van der Waals surface area contributed by atoms with E-state index in [1.807, 2.05) is 11.0 Å². The number of piperazine rings is 1. The van der Waals surface area contributed by atoms with Crippen LogP contribution in [-0.2, 0) is 20.9 Å². The van der Waals surface area contributed by atoms with Crippen LogP contribution >= 0.6 is 0 Å². The van der Waals surface area contributed by atoms with Crippen LogP contribution in [0, 0.1) is 0 Å². The van der Waals surface area contributed by atoms with E-state index in [0.29, 0.717) is 6.54 Å². The average molecular weight is 453 g/mol.